The van der Waals surface area contributed by atoms with Gasteiger partial charge in [-0.2, -0.15) is 0 Å². The maximum atomic E-state index is 7.22. The molecule has 0 amide bonds. The fourth-order valence-corrected chi connectivity index (χ4v) is 4.38. The Bertz CT molecular complexity index is 307. The molecule has 0 spiro atoms. The number of rotatable bonds is 14. The van der Waals surface area contributed by atoms with E-state index >= 15 is 0 Å². The second kappa shape index (κ2) is 10.3. The van der Waals surface area contributed by atoms with Crippen molar-refractivity contribution in [2.75, 3.05) is 0 Å². The van der Waals surface area contributed by atoms with Crippen molar-refractivity contribution < 1.29 is 4.74 Å². The Balaban J connectivity index is 5.72. The van der Waals surface area contributed by atoms with Gasteiger partial charge in [0, 0.05) is 0 Å². The van der Waals surface area contributed by atoms with Crippen LogP contribution in [0.5, 0.6) is 0 Å². The summed E-state index contributed by atoms with van der Waals surface area (Å²) in [4.78, 5) is 0. The minimum absolute atomic E-state index is 0.0230. The van der Waals surface area contributed by atoms with Gasteiger partial charge in [0.05, 0.1) is 11.2 Å². The van der Waals surface area contributed by atoms with Crippen molar-refractivity contribution >= 4 is 0 Å². The summed E-state index contributed by atoms with van der Waals surface area (Å²) in [7, 11) is 0. The molecule has 0 fully saturated rings. The van der Waals surface area contributed by atoms with E-state index in [1.54, 1.807) is 0 Å². The standard InChI is InChI=1S/C24H50O/c1-11-21(9,12-2)19-23(15-5,16-6)25-24(17-7,18-8)20-22(10,13-3)14-4/h11-20H2,1-10H3. The van der Waals surface area contributed by atoms with Gasteiger partial charge in [-0.25, -0.2) is 0 Å². The van der Waals surface area contributed by atoms with Crippen molar-refractivity contribution in [3.05, 3.63) is 0 Å². The third-order valence-electron chi connectivity index (χ3n) is 7.92. The number of hydrogen-bond acceptors (Lipinski definition) is 1. The zero-order chi connectivity index (χ0) is 19.8. The summed E-state index contributed by atoms with van der Waals surface area (Å²) in [5, 5.41) is 0. The molecular formula is C24H50O. The smallest absolute Gasteiger partial charge is 0.0690 e. The fraction of sp³-hybridized carbons (Fsp3) is 1.00. The molecule has 0 unspecified atom stereocenters. The molecule has 0 aliphatic carbocycles. The van der Waals surface area contributed by atoms with Crippen molar-refractivity contribution in [3.63, 3.8) is 0 Å². The summed E-state index contributed by atoms with van der Waals surface area (Å²) >= 11 is 0. The Hall–Kier alpha value is -0.0400. The maximum absolute atomic E-state index is 7.22. The quantitative estimate of drug-likeness (QED) is 0.303. The first kappa shape index (κ1) is 25.0. The summed E-state index contributed by atoms with van der Waals surface area (Å²) in [6.07, 6.45) is 11.8. The molecule has 0 heterocycles. The molecule has 1 nitrogen and oxygen atoms in total. The highest BCUT2D eigenvalue weighted by Gasteiger charge is 2.44. The molecule has 0 bridgehead atoms. The van der Waals surface area contributed by atoms with E-state index in [4.69, 9.17) is 4.74 Å². The van der Waals surface area contributed by atoms with E-state index in [9.17, 15) is 0 Å². The van der Waals surface area contributed by atoms with Gasteiger partial charge >= 0.3 is 0 Å². The van der Waals surface area contributed by atoms with Crippen LogP contribution in [0.15, 0.2) is 0 Å². The summed E-state index contributed by atoms with van der Waals surface area (Å²) < 4.78 is 7.22. The molecule has 0 aromatic rings. The average molecular weight is 355 g/mol. The fourth-order valence-electron chi connectivity index (χ4n) is 4.38. The van der Waals surface area contributed by atoms with E-state index in [0.29, 0.717) is 10.8 Å². The van der Waals surface area contributed by atoms with Crippen molar-refractivity contribution in [2.45, 2.75) is 145 Å². The molecule has 0 aromatic carbocycles. The van der Waals surface area contributed by atoms with Crippen LogP contribution in [0.4, 0.5) is 0 Å². The van der Waals surface area contributed by atoms with Gasteiger partial charge in [0.1, 0.15) is 0 Å². The summed E-state index contributed by atoms with van der Waals surface area (Å²) in [6, 6.07) is 0. The Morgan fingerprint density at radius 3 is 0.840 bits per heavy atom. The first-order valence-electron chi connectivity index (χ1n) is 11.3. The van der Waals surface area contributed by atoms with Gasteiger partial charge in [-0.15, -0.1) is 0 Å². The van der Waals surface area contributed by atoms with Crippen LogP contribution in [-0.2, 0) is 4.74 Å². The largest absolute Gasteiger partial charge is 0.369 e. The van der Waals surface area contributed by atoms with Gasteiger partial charge in [0.2, 0.25) is 0 Å². The summed E-state index contributed by atoms with van der Waals surface area (Å²) in [6.45, 7) is 23.6. The molecule has 0 radical (unpaired) electrons. The van der Waals surface area contributed by atoms with Crippen LogP contribution >= 0.6 is 0 Å². The third kappa shape index (κ3) is 6.56. The molecule has 0 atom stereocenters. The summed E-state index contributed by atoms with van der Waals surface area (Å²) in [5.74, 6) is 0. The number of hydrogen-bond donors (Lipinski definition) is 0. The lowest BCUT2D eigenvalue weighted by atomic mass is 9.70. The molecule has 0 aliphatic rings. The molecule has 1 heteroatoms. The van der Waals surface area contributed by atoms with E-state index in [-0.39, 0.29) is 11.2 Å². The topological polar surface area (TPSA) is 9.23 Å². The van der Waals surface area contributed by atoms with Crippen LogP contribution in [0.25, 0.3) is 0 Å². The van der Waals surface area contributed by atoms with Gasteiger partial charge < -0.3 is 4.74 Å². The molecular weight excluding hydrogens is 304 g/mol. The first-order chi connectivity index (χ1) is 11.6. The van der Waals surface area contributed by atoms with Gasteiger partial charge in [-0.05, 0) is 49.4 Å². The molecule has 0 aliphatic heterocycles. The van der Waals surface area contributed by atoms with Crippen molar-refractivity contribution in [1.29, 1.82) is 0 Å². The number of ether oxygens (including phenoxy) is 1. The van der Waals surface area contributed by atoms with Crippen LogP contribution in [0.2, 0.25) is 0 Å². The molecule has 0 saturated carbocycles. The van der Waals surface area contributed by atoms with E-state index in [0.717, 1.165) is 25.7 Å². The lowest BCUT2D eigenvalue weighted by Crippen LogP contribution is -2.48. The van der Waals surface area contributed by atoms with Gasteiger partial charge in [0.25, 0.3) is 0 Å². The van der Waals surface area contributed by atoms with Crippen molar-refractivity contribution in [3.8, 4) is 0 Å². The van der Waals surface area contributed by atoms with Gasteiger partial charge in [0.15, 0.2) is 0 Å². The average Bonchev–Trinajstić information content (AvgIpc) is 2.66. The maximum Gasteiger partial charge on any atom is 0.0690 e. The SMILES string of the molecule is CCC(C)(CC)CC(CC)(CC)OC(CC)(CC)CC(C)(CC)CC. The Kier molecular flexibility index (Phi) is 10.3. The lowest BCUT2D eigenvalue weighted by molar-refractivity contribution is -0.193. The molecule has 25 heavy (non-hydrogen) atoms. The van der Waals surface area contributed by atoms with E-state index in [1.807, 2.05) is 0 Å². The van der Waals surface area contributed by atoms with E-state index < -0.39 is 0 Å². The normalized spacial score (nSPS) is 14.2. The molecule has 0 saturated heterocycles. The highest BCUT2D eigenvalue weighted by atomic mass is 16.5. The summed E-state index contributed by atoms with van der Waals surface area (Å²) in [5.41, 5.74) is 0.820. The zero-order valence-electron chi connectivity index (χ0n) is 19.5. The highest BCUT2D eigenvalue weighted by molar-refractivity contribution is 4.94. The zero-order valence-corrected chi connectivity index (χ0v) is 19.5. The Labute approximate surface area is 160 Å². The van der Waals surface area contributed by atoms with Crippen LogP contribution in [0.3, 0.4) is 0 Å². The third-order valence-corrected chi connectivity index (χ3v) is 7.92. The van der Waals surface area contributed by atoms with Gasteiger partial charge in [-0.3, -0.25) is 0 Å². The van der Waals surface area contributed by atoms with Crippen LogP contribution in [0.1, 0.15) is 133 Å². The lowest BCUT2D eigenvalue weighted by Gasteiger charge is -2.49. The minimum Gasteiger partial charge on any atom is -0.369 e. The Morgan fingerprint density at radius 2 is 0.680 bits per heavy atom. The van der Waals surface area contributed by atoms with E-state index in [1.165, 1.54) is 38.5 Å². The monoisotopic (exact) mass is 354 g/mol. The van der Waals surface area contributed by atoms with Crippen molar-refractivity contribution in [1.82, 2.24) is 0 Å². The molecule has 152 valence electrons. The Morgan fingerprint density at radius 1 is 0.440 bits per heavy atom. The van der Waals surface area contributed by atoms with Crippen LogP contribution < -0.4 is 0 Å². The van der Waals surface area contributed by atoms with Crippen LogP contribution in [0, 0.1) is 10.8 Å². The molecule has 0 aromatic heterocycles. The molecule has 0 N–H and O–H groups in total. The second-order valence-electron chi connectivity index (χ2n) is 9.27. The molecule has 0 rings (SSSR count). The predicted molar refractivity (Wildman–Crippen MR) is 114 cm³/mol. The first-order valence-corrected chi connectivity index (χ1v) is 11.3. The minimum atomic E-state index is 0.0230. The highest BCUT2D eigenvalue weighted by Crippen LogP contribution is 2.47. The van der Waals surface area contributed by atoms with Gasteiger partial charge in [-0.1, -0.05) is 94.9 Å². The second-order valence-corrected chi connectivity index (χ2v) is 9.27. The predicted octanol–water partition coefficient (Wildman–Crippen LogP) is 8.55. The van der Waals surface area contributed by atoms with Crippen LogP contribution in [-0.4, -0.2) is 11.2 Å². The van der Waals surface area contributed by atoms with Crippen molar-refractivity contribution in [2.24, 2.45) is 10.8 Å². The van der Waals surface area contributed by atoms with E-state index in [2.05, 4.69) is 69.2 Å².